The van der Waals surface area contributed by atoms with E-state index in [-0.39, 0.29) is 12.5 Å². The minimum absolute atomic E-state index is 0.194. The van der Waals surface area contributed by atoms with E-state index in [1.54, 1.807) is 6.07 Å². The van der Waals surface area contributed by atoms with Crippen molar-refractivity contribution in [2.45, 2.75) is 51.3 Å². The standard InChI is InChI=1S/C25H32N4O3/c1-17-28-24-22(7-4-8-23(24)29(17)20-11-13-32-14-12-20)25(31)27-16-21(30)10-9-18-5-2-3-6-19(18)15-26/h2-8,20-21,30H,9-16,26H2,1H3,(H,27,31)/t21-/m0/s1. The predicted octanol–water partition coefficient (Wildman–Crippen LogP) is 2.88. The van der Waals surface area contributed by atoms with E-state index >= 15 is 0 Å². The van der Waals surface area contributed by atoms with Gasteiger partial charge in [0.2, 0.25) is 0 Å². The molecule has 4 rings (SSSR count). The van der Waals surface area contributed by atoms with Crippen molar-refractivity contribution < 1.29 is 14.6 Å². The van der Waals surface area contributed by atoms with Crippen LogP contribution >= 0.6 is 0 Å². The molecule has 7 heteroatoms. The lowest BCUT2D eigenvalue weighted by Gasteiger charge is -2.25. The highest BCUT2D eigenvalue weighted by atomic mass is 16.5. The number of rotatable bonds is 8. The summed E-state index contributed by atoms with van der Waals surface area (Å²) >= 11 is 0. The molecule has 1 fully saturated rings. The number of carbonyl (C=O) groups excluding carboxylic acids is 1. The Morgan fingerprint density at radius 3 is 2.72 bits per heavy atom. The van der Waals surface area contributed by atoms with Crippen LogP contribution in [0, 0.1) is 6.92 Å². The first-order chi connectivity index (χ1) is 15.6. The number of imidazole rings is 1. The summed E-state index contributed by atoms with van der Waals surface area (Å²) in [6.07, 6.45) is 2.53. The molecule has 0 unspecified atom stereocenters. The third-order valence-electron chi connectivity index (χ3n) is 6.28. The maximum atomic E-state index is 12.9. The summed E-state index contributed by atoms with van der Waals surface area (Å²) in [6.45, 7) is 4.15. The molecule has 32 heavy (non-hydrogen) atoms. The second-order valence-corrected chi connectivity index (χ2v) is 8.42. The molecular formula is C25H32N4O3. The van der Waals surface area contributed by atoms with Crippen molar-refractivity contribution in [1.82, 2.24) is 14.9 Å². The van der Waals surface area contributed by atoms with Gasteiger partial charge in [-0.05, 0) is 55.9 Å². The number of benzene rings is 2. The second-order valence-electron chi connectivity index (χ2n) is 8.42. The topological polar surface area (TPSA) is 102 Å². The average molecular weight is 437 g/mol. The Morgan fingerprint density at radius 2 is 1.97 bits per heavy atom. The number of hydrogen-bond acceptors (Lipinski definition) is 5. The number of amides is 1. The zero-order valence-electron chi connectivity index (χ0n) is 18.6. The lowest BCUT2D eigenvalue weighted by Crippen LogP contribution is -2.32. The monoisotopic (exact) mass is 436 g/mol. The maximum absolute atomic E-state index is 12.9. The molecule has 4 N–H and O–H groups in total. The number of aliphatic hydroxyl groups excluding tert-OH is 1. The van der Waals surface area contributed by atoms with E-state index in [4.69, 9.17) is 15.5 Å². The first-order valence-corrected chi connectivity index (χ1v) is 11.4. The van der Waals surface area contributed by atoms with Crippen molar-refractivity contribution in [1.29, 1.82) is 0 Å². The second kappa shape index (κ2) is 10.3. The highest BCUT2D eigenvalue weighted by Gasteiger charge is 2.22. The van der Waals surface area contributed by atoms with Crippen molar-refractivity contribution in [3.05, 3.63) is 65.0 Å². The molecule has 0 aliphatic carbocycles. The third-order valence-corrected chi connectivity index (χ3v) is 6.28. The van der Waals surface area contributed by atoms with Gasteiger partial charge in [0.1, 0.15) is 11.3 Å². The van der Waals surface area contributed by atoms with E-state index in [0.29, 0.717) is 36.5 Å². The normalized spacial score (nSPS) is 15.7. The summed E-state index contributed by atoms with van der Waals surface area (Å²) in [7, 11) is 0. The molecule has 0 spiro atoms. The molecule has 1 amide bonds. The van der Waals surface area contributed by atoms with Crippen LogP contribution in [0.25, 0.3) is 11.0 Å². The van der Waals surface area contributed by atoms with E-state index in [9.17, 15) is 9.90 Å². The van der Waals surface area contributed by atoms with Gasteiger partial charge in [-0.3, -0.25) is 4.79 Å². The van der Waals surface area contributed by atoms with Crippen LogP contribution < -0.4 is 11.1 Å². The minimum Gasteiger partial charge on any atom is -0.391 e. The largest absolute Gasteiger partial charge is 0.391 e. The van der Waals surface area contributed by atoms with Gasteiger partial charge in [-0.15, -0.1) is 0 Å². The van der Waals surface area contributed by atoms with Gasteiger partial charge in [0.25, 0.3) is 5.91 Å². The van der Waals surface area contributed by atoms with E-state index in [2.05, 4.69) is 9.88 Å². The van der Waals surface area contributed by atoms with E-state index in [0.717, 1.165) is 48.5 Å². The predicted molar refractivity (Wildman–Crippen MR) is 125 cm³/mol. The third kappa shape index (κ3) is 4.85. The van der Waals surface area contributed by atoms with Gasteiger partial charge in [-0.25, -0.2) is 4.98 Å². The number of para-hydroxylation sites is 1. The number of aliphatic hydroxyl groups is 1. The first-order valence-electron chi connectivity index (χ1n) is 11.4. The molecule has 3 aromatic rings. The summed E-state index contributed by atoms with van der Waals surface area (Å²) in [6, 6.07) is 14.0. The Labute approximate surface area is 188 Å². The van der Waals surface area contributed by atoms with Gasteiger partial charge >= 0.3 is 0 Å². The molecule has 170 valence electrons. The molecule has 0 bridgehead atoms. The first kappa shape index (κ1) is 22.5. The van der Waals surface area contributed by atoms with Gasteiger partial charge in [-0.2, -0.15) is 0 Å². The fourth-order valence-corrected chi connectivity index (χ4v) is 4.55. The van der Waals surface area contributed by atoms with Crippen LogP contribution in [-0.4, -0.2) is 46.4 Å². The highest BCUT2D eigenvalue weighted by molar-refractivity contribution is 6.05. The molecule has 2 aromatic carbocycles. The molecule has 7 nitrogen and oxygen atoms in total. The number of hydrogen-bond donors (Lipinski definition) is 3. The molecule has 1 aliphatic rings. The zero-order chi connectivity index (χ0) is 22.5. The molecule has 1 saturated heterocycles. The quantitative estimate of drug-likeness (QED) is 0.504. The molecular weight excluding hydrogens is 404 g/mol. The molecule has 2 heterocycles. The highest BCUT2D eigenvalue weighted by Crippen LogP contribution is 2.29. The average Bonchev–Trinajstić information content (AvgIpc) is 3.17. The molecule has 0 radical (unpaired) electrons. The maximum Gasteiger partial charge on any atom is 0.253 e. The fourth-order valence-electron chi connectivity index (χ4n) is 4.55. The van der Waals surface area contributed by atoms with E-state index < -0.39 is 6.10 Å². The van der Waals surface area contributed by atoms with Crippen LogP contribution in [0.2, 0.25) is 0 Å². The van der Waals surface area contributed by atoms with Crippen molar-refractivity contribution in [2.75, 3.05) is 19.8 Å². The Kier molecular flexibility index (Phi) is 7.19. The Balaban J connectivity index is 1.41. The van der Waals surface area contributed by atoms with Crippen LogP contribution in [0.1, 0.15) is 52.6 Å². The number of aryl methyl sites for hydroxylation is 2. The van der Waals surface area contributed by atoms with Gasteiger partial charge in [0.15, 0.2) is 0 Å². The Bertz CT molecular complexity index is 1070. The van der Waals surface area contributed by atoms with Crippen LogP contribution in [0.4, 0.5) is 0 Å². The SMILES string of the molecule is Cc1nc2c(C(=O)NC[C@@H](O)CCc3ccccc3CN)cccc2n1C1CCOCC1. The van der Waals surface area contributed by atoms with Gasteiger partial charge in [0.05, 0.1) is 17.2 Å². The summed E-state index contributed by atoms with van der Waals surface area (Å²) < 4.78 is 7.73. The smallest absolute Gasteiger partial charge is 0.253 e. The summed E-state index contributed by atoms with van der Waals surface area (Å²) in [4.78, 5) is 17.6. The number of ether oxygens (including phenoxy) is 1. The fraction of sp³-hybridized carbons (Fsp3) is 0.440. The van der Waals surface area contributed by atoms with Crippen LogP contribution in [0.15, 0.2) is 42.5 Å². The van der Waals surface area contributed by atoms with E-state index in [1.807, 2.05) is 43.3 Å². The molecule has 1 aliphatic heterocycles. The van der Waals surface area contributed by atoms with Gasteiger partial charge in [0, 0.05) is 32.3 Å². The molecule has 1 atom stereocenters. The number of fused-ring (bicyclic) bond motifs is 1. The van der Waals surface area contributed by atoms with Crippen LogP contribution in [0.3, 0.4) is 0 Å². The summed E-state index contributed by atoms with van der Waals surface area (Å²) in [5, 5.41) is 13.3. The van der Waals surface area contributed by atoms with Gasteiger partial charge in [-0.1, -0.05) is 30.3 Å². The Hall–Kier alpha value is -2.74. The van der Waals surface area contributed by atoms with Gasteiger partial charge < -0.3 is 25.5 Å². The molecule has 0 saturated carbocycles. The number of nitrogens with two attached hydrogens (primary N) is 1. The Morgan fingerprint density at radius 1 is 1.22 bits per heavy atom. The van der Waals surface area contributed by atoms with Crippen molar-refractivity contribution in [3.8, 4) is 0 Å². The number of aromatic nitrogens is 2. The van der Waals surface area contributed by atoms with Crippen LogP contribution in [-0.2, 0) is 17.7 Å². The zero-order valence-corrected chi connectivity index (χ0v) is 18.6. The number of carbonyl (C=O) groups is 1. The number of nitrogens with one attached hydrogen (secondary N) is 1. The van der Waals surface area contributed by atoms with Crippen molar-refractivity contribution >= 4 is 16.9 Å². The van der Waals surface area contributed by atoms with Crippen LogP contribution in [0.5, 0.6) is 0 Å². The van der Waals surface area contributed by atoms with Crippen molar-refractivity contribution in [3.63, 3.8) is 0 Å². The number of nitrogens with zero attached hydrogens (tertiary/aromatic N) is 2. The summed E-state index contributed by atoms with van der Waals surface area (Å²) in [5.41, 5.74) is 10.2. The van der Waals surface area contributed by atoms with Crippen molar-refractivity contribution in [2.24, 2.45) is 5.73 Å². The molecule has 1 aromatic heterocycles. The minimum atomic E-state index is -0.634. The lowest BCUT2D eigenvalue weighted by molar-refractivity contribution is 0.0701. The van der Waals surface area contributed by atoms with E-state index in [1.165, 1.54) is 0 Å². The lowest BCUT2D eigenvalue weighted by atomic mass is 10.0. The summed E-state index contributed by atoms with van der Waals surface area (Å²) in [5.74, 6) is 0.694.